The number of hydrogen-bond donors (Lipinski definition) is 2. The maximum absolute atomic E-state index is 12.8. The number of imidazole rings is 1. The van der Waals surface area contributed by atoms with Gasteiger partial charge in [0.2, 0.25) is 0 Å². The Morgan fingerprint density at radius 3 is 2.57 bits per heavy atom. The summed E-state index contributed by atoms with van der Waals surface area (Å²) in [7, 11) is 0. The van der Waals surface area contributed by atoms with Gasteiger partial charge in [-0.1, -0.05) is 15.9 Å². The van der Waals surface area contributed by atoms with Crippen LogP contribution in [0.5, 0.6) is 0 Å². The molecular weight excluding hydrogens is 347 g/mol. The van der Waals surface area contributed by atoms with Crippen molar-refractivity contribution in [2.24, 2.45) is 0 Å². The lowest BCUT2D eigenvalue weighted by Crippen LogP contribution is -2.05. The number of hydrogen-bond acceptors (Lipinski definition) is 2. The van der Waals surface area contributed by atoms with Crippen LogP contribution in [0.15, 0.2) is 40.9 Å². The zero-order chi connectivity index (χ0) is 15.2. The van der Waals surface area contributed by atoms with Crippen LogP contribution in [0.4, 0.5) is 18.9 Å². The number of nitrogens with two attached hydrogens (primary N) is 1. The number of halogens is 4. The fourth-order valence-electron chi connectivity index (χ4n) is 2.04. The van der Waals surface area contributed by atoms with Gasteiger partial charge in [-0.15, -0.1) is 0 Å². The van der Waals surface area contributed by atoms with Crippen molar-refractivity contribution in [3.63, 3.8) is 0 Å². The summed E-state index contributed by atoms with van der Waals surface area (Å²) < 4.78 is 39.0. The van der Waals surface area contributed by atoms with Crippen molar-refractivity contribution < 1.29 is 13.2 Å². The number of H-pyrrole nitrogens is 1. The van der Waals surface area contributed by atoms with Gasteiger partial charge >= 0.3 is 6.18 Å². The molecule has 0 aliphatic rings. The SMILES string of the molecule is Nc1ccc2nc(-c3cc(C(F)(F)F)ccc3Br)[nH]c2c1. The number of alkyl halides is 3. The monoisotopic (exact) mass is 355 g/mol. The molecule has 0 radical (unpaired) electrons. The summed E-state index contributed by atoms with van der Waals surface area (Å²) in [6, 6.07) is 8.53. The Morgan fingerprint density at radius 1 is 1.10 bits per heavy atom. The van der Waals surface area contributed by atoms with E-state index in [4.69, 9.17) is 5.73 Å². The van der Waals surface area contributed by atoms with Crippen LogP contribution in [0, 0.1) is 0 Å². The zero-order valence-electron chi connectivity index (χ0n) is 10.5. The van der Waals surface area contributed by atoms with Crippen LogP contribution in [-0.4, -0.2) is 9.97 Å². The Hall–Kier alpha value is -2.02. The number of benzene rings is 2. The number of anilines is 1. The molecule has 7 heteroatoms. The lowest BCUT2D eigenvalue weighted by Gasteiger charge is -2.09. The molecule has 0 aliphatic carbocycles. The molecular formula is C14H9BrF3N3. The normalized spacial score (nSPS) is 12.0. The Balaban J connectivity index is 2.17. The molecule has 21 heavy (non-hydrogen) atoms. The van der Waals surface area contributed by atoms with Gasteiger partial charge in [0.25, 0.3) is 0 Å². The van der Waals surface area contributed by atoms with E-state index in [0.29, 0.717) is 32.6 Å². The van der Waals surface area contributed by atoms with E-state index in [-0.39, 0.29) is 0 Å². The number of aromatic amines is 1. The second kappa shape index (κ2) is 4.77. The highest BCUT2D eigenvalue weighted by atomic mass is 79.9. The Morgan fingerprint density at radius 2 is 1.86 bits per heavy atom. The van der Waals surface area contributed by atoms with E-state index in [2.05, 4.69) is 25.9 Å². The smallest absolute Gasteiger partial charge is 0.399 e. The van der Waals surface area contributed by atoms with Gasteiger partial charge in [-0.25, -0.2) is 4.98 Å². The Kier molecular flexibility index (Phi) is 3.16. The molecule has 108 valence electrons. The third-order valence-electron chi connectivity index (χ3n) is 3.05. The van der Waals surface area contributed by atoms with Crippen molar-refractivity contribution in [1.29, 1.82) is 0 Å². The average Bonchev–Trinajstić information content (AvgIpc) is 2.80. The fourth-order valence-corrected chi connectivity index (χ4v) is 2.47. The minimum absolute atomic E-state index is 0.347. The van der Waals surface area contributed by atoms with Gasteiger partial charge < -0.3 is 10.7 Å². The molecule has 0 bridgehead atoms. The van der Waals surface area contributed by atoms with Crippen molar-refractivity contribution in [2.75, 3.05) is 5.73 Å². The lowest BCUT2D eigenvalue weighted by molar-refractivity contribution is -0.137. The van der Waals surface area contributed by atoms with Crippen molar-refractivity contribution in [1.82, 2.24) is 9.97 Å². The predicted molar refractivity (Wildman–Crippen MR) is 78.6 cm³/mol. The molecule has 3 nitrogen and oxygen atoms in total. The van der Waals surface area contributed by atoms with Crippen LogP contribution < -0.4 is 5.73 Å². The topological polar surface area (TPSA) is 54.7 Å². The second-order valence-corrected chi connectivity index (χ2v) is 5.41. The number of nitrogens with one attached hydrogen (secondary N) is 1. The maximum atomic E-state index is 12.8. The molecule has 0 unspecified atom stereocenters. The van der Waals surface area contributed by atoms with E-state index in [1.165, 1.54) is 6.07 Å². The molecule has 0 spiro atoms. The molecule has 0 atom stereocenters. The summed E-state index contributed by atoms with van der Waals surface area (Å²) in [6.45, 7) is 0. The van der Waals surface area contributed by atoms with Crippen molar-refractivity contribution >= 4 is 32.7 Å². The van der Waals surface area contributed by atoms with Crippen molar-refractivity contribution in [3.05, 3.63) is 46.4 Å². The van der Waals surface area contributed by atoms with Gasteiger partial charge in [-0.2, -0.15) is 13.2 Å². The number of rotatable bonds is 1. The van der Waals surface area contributed by atoms with E-state index < -0.39 is 11.7 Å². The highest BCUT2D eigenvalue weighted by molar-refractivity contribution is 9.10. The van der Waals surface area contributed by atoms with Crippen molar-refractivity contribution in [2.45, 2.75) is 6.18 Å². The van der Waals surface area contributed by atoms with E-state index in [9.17, 15) is 13.2 Å². The molecule has 3 rings (SSSR count). The lowest BCUT2D eigenvalue weighted by atomic mass is 10.1. The number of aromatic nitrogens is 2. The van der Waals surface area contributed by atoms with Crippen LogP contribution in [-0.2, 0) is 6.18 Å². The number of nitrogens with zero attached hydrogens (tertiary/aromatic N) is 1. The minimum atomic E-state index is -4.40. The third kappa shape index (κ3) is 2.61. The first-order valence-corrected chi connectivity index (χ1v) is 6.76. The minimum Gasteiger partial charge on any atom is -0.399 e. The molecule has 0 aliphatic heterocycles. The van der Waals surface area contributed by atoms with Gasteiger partial charge in [0.1, 0.15) is 5.82 Å². The molecule has 0 amide bonds. The summed E-state index contributed by atoms with van der Waals surface area (Å²) in [4.78, 5) is 7.28. The van der Waals surface area contributed by atoms with Gasteiger partial charge in [0, 0.05) is 15.7 Å². The maximum Gasteiger partial charge on any atom is 0.416 e. The van der Waals surface area contributed by atoms with Crippen LogP contribution in [0.2, 0.25) is 0 Å². The summed E-state index contributed by atoms with van der Waals surface area (Å²) in [5.74, 6) is 0.355. The first-order valence-electron chi connectivity index (χ1n) is 5.97. The van der Waals surface area contributed by atoms with Crippen molar-refractivity contribution in [3.8, 4) is 11.4 Å². The predicted octanol–water partition coefficient (Wildman–Crippen LogP) is 4.59. The summed E-state index contributed by atoms with van der Waals surface area (Å²) >= 11 is 3.25. The number of fused-ring (bicyclic) bond motifs is 1. The molecule has 0 saturated carbocycles. The van der Waals surface area contributed by atoms with E-state index in [0.717, 1.165) is 12.1 Å². The molecule has 0 saturated heterocycles. The van der Waals surface area contributed by atoms with E-state index in [1.54, 1.807) is 18.2 Å². The van der Waals surface area contributed by atoms with Gasteiger partial charge in [-0.3, -0.25) is 0 Å². The molecule has 2 aromatic carbocycles. The van der Waals surface area contributed by atoms with Crippen LogP contribution in [0.1, 0.15) is 5.56 Å². The van der Waals surface area contributed by atoms with Crippen LogP contribution in [0.3, 0.4) is 0 Å². The molecule has 3 N–H and O–H groups in total. The molecule has 0 fully saturated rings. The van der Waals surface area contributed by atoms with E-state index >= 15 is 0 Å². The highest BCUT2D eigenvalue weighted by Gasteiger charge is 2.31. The zero-order valence-corrected chi connectivity index (χ0v) is 12.1. The molecule has 1 aromatic heterocycles. The van der Waals surface area contributed by atoms with Crippen LogP contribution in [0.25, 0.3) is 22.4 Å². The summed E-state index contributed by atoms with van der Waals surface area (Å²) in [5, 5.41) is 0. The average molecular weight is 356 g/mol. The second-order valence-electron chi connectivity index (χ2n) is 4.55. The van der Waals surface area contributed by atoms with Gasteiger partial charge in [-0.05, 0) is 36.4 Å². The van der Waals surface area contributed by atoms with E-state index in [1.807, 2.05) is 0 Å². The summed E-state index contributed by atoms with van der Waals surface area (Å²) in [5.41, 5.74) is 7.18. The molecule has 3 aromatic rings. The summed E-state index contributed by atoms with van der Waals surface area (Å²) in [6.07, 6.45) is -4.40. The quantitative estimate of drug-likeness (QED) is 0.627. The van der Waals surface area contributed by atoms with Gasteiger partial charge in [0.15, 0.2) is 0 Å². The fraction of sp³-hybridized carbons (Fsp3) is 0.0714. The largest absolute Gasteiger partial charge is 0.416 e. The number of nitrogen functional groups attached to an aromatic ring is 1. The van der Waals surface area contributed by atoms with Crippen LogP contribution >= 0.6 is 15.9 Å². The molecule has 1 heterocycles. The first-order chi connectivity index (χ1) is 9.84. The Labute approximate surface area is 126 Å². The third-order valence-corrected chi connectivity index (χ3v) is 3.75. The van der Waals surface area contributed by atoms with Gasteiger partial charge in [0.05, 0.1) is 16.6 Å². The standard InChI is InChI=1S/C14H9BrF3N3/c15-10-3-1-7(14(16,17)18)5-9(10)13-20-11-4-2-8(19)6-12(11)21-13/h1-6H,19H2,(H,20,21). The first kappa shape index (κ1) is 13.9. The Bertz CT molecular complexity index is 824. The highest BCUT2D eigenvalue weighted by Crippen LogP contribution is 2.35.